The van der Waals surface area contributed by atoms with Crippen LogP contribution in [-0.2, 0) is 19.1 Å². The Morgan fingerprint density at radius 3 is 2.14 bits per heavy atom. The topological polar surface area (TPSA) is 114 Å². The van der Waals surface area contributed by atoms with Gasteiger partial charge >= 0.3 is 18.2 Å². The van der Waals surface area contributed by atoms with Gasteiger partial charge in [0.15, 0.2) is 0 Å². The van der Waals surface area contributed by atoms with Crippen molar-refractivity contribution >= 4 is 18.0 Å². The van der Waals surface area contributed by atoms with Crippen molar-refractivity contribution in [2.75, 3.05) is 26.4 Å². The van der Waals surface area contributed by atoms with Gasteiger partial charge in [0.2, 0.25) is 5.91 Å². The number of alkyl halides is 3. The van der Waals surface area contributed by atoms with E-state index in [1.165, 1.54) is 0 Å². The van der Waals surface area contributed by atoms with Gasteiger partial charge in [0, 0.05) is 12.5 Å². The lowest BCUT2D eigenvalue weighted by Gasteiger charge is -2.20. The summed E-state index contributed by atoms with van der Waals surface area (Å²) in [5.74, 6) is -2.41. The maximum Gasteiger partial charge on any atom is 0.407 e. The van der Waals surface area contributed by atoms with Crippen LogP contribution in [-0.4, -0.2) is 61.7 Å². The fourth-order valence-electron chi connectivity index (χ4n) is 3.85. The predicted molar refractivity (Wildman–Crippen MR) is 119 cm³/mol. The third-order valence-electron chi connectivity index (χ3n) is 5.39. The Morgan fingerprint density at radius 2 is 1.57 bits per heavy atom. The van der Waals surface area contributed by atoms with E-state index in [0.29, 0.717) is 0 Å². The maximum atomic E-state index is 13.0. The molecule has 2 aromatic rings. The van der Waals surface area contributed by atoms with E-state index in [2.05, 4.69) is 5.32 Å². The average Bonchev–Trinajstić information content (AvgIpc) is 3.12. The summed E-state index contributed by atoms with van der Waals surface area (Å²) in [5, 5.41) is 12.8. The first-order valence-electron chi connectivity index (χ1n) is 10.9. The zero-order chi connectivity index (χ0) is 25.4. The number of hydrogen-bond donors (Lipinski definition) is 3. The lowest BCUT2D eigenvalue weighted by atomic mass is 9.98. The van der Waals surface area contributed by atoms with Gasteiger partial charge in [0.1, 0.15) is 12.6 Å². The molecule has 0 aliphatic heterocycles. The molecule has 8 nitrogen and oxygen atoms in total. The second kappa shape index (κ2) is 11.7. The lowest BCUT2D eigenvalue weighted by molar-refractivity contribution is -0.149. The number of alkyl carbamates (subject to hydrolysis) is 1. The average molecular weight is 494 g/mol. The molecular formula is C24H25F3N2O6. The number of rotatable bonds is 11. The lowest BCUT2D eigenvalue weighted by Crippen LogP contribution is -2.49. The summed E-state index contributed by atoms with van der Waals surface area (Å²) in [6, 6.07) is 13.3. The zero-order valence-electron chi connectivity index (χ0n) is 18.6. The highest BCUT2D eigenvalue weighted by Gasteiger charge is 2.37. The van der Waals surface area contributed by atoms with Crippen LogP contribution < -0.4 is 10.6 Å². The summed E-state index contributed by atoms with van der Waals surface area (Å²) >= 11 is 0. The monoisotopic (exact) mass is 494 g/mol. The highest BCUT2D eigenvalue weighted by atomic mass is 19.4. The van der Waals surface area contributed by atoms with E-state index in [1.807, 2.05) is 53.8 Å². The molecule has 35 heavy (non-hydrogen) atoms. The van der Waals surface area contributed by atoms with E-state index in [1.54, 1.807) is 0 Å². The molecule has 0 radical (unpaired) electrons. The van der Waals surface area contributed by atoms with Crippen molar-refractivity contribution in [1.82, 2.24) is 10.6 Å². The Balaban J connectivity index is 1.56. The molecule has 0 saturated carbocycles. The molecule has 11 heteroatoms. The molecule has 1 unspecified atom stereocenters. The second-order valence-corrected chi connectivity index (χ2v) is 7.89. The highest BCUT2D eigenvalue weighted by molar-refractivity contribution is 5.85. The first kappa shape index (κ1) is 26.0. The van der Waals surface area contributed by atoms with Gasteiger partial charge in [0.05, 0.1) is 26.1 Å². The number of carboxylic acid groups (broad SMARTS) is 1. The van der Waals surface area contributed by atoms with Crippen molar-refractivity contribution in [2.45, 2.75) is 31.0 Å². The minimum Gasteiger partial charge on any atom is -0.481 e. The van der Waals surface area contributed by atoms with Gasteiger partial charge in [-0.05, 0) is 22.3 Å². The number of carbonyl (C=O) groups is 3. The van der Waals surface area contributed by atoms with Crippen molar-refractivity contribution in [3.8, 4) is 11.1 Å². The van der Waals surface area contributed by atoms with Gasteiger partial charge < -0.3 is 25.2 Å². The van der Waals surface area contributed by atoms with Gasteiger partial charge in [-0.15, -0.1) is 0 Å². The molecule has 0 bridgehead atoms. The number of nitrogens with one attached hydrogen (secondary N) is 2. The molecule has 2 amide bonds. The molecule has 0 fully saturated rings. The Kier molecular flexibility index (Phi) is 8.69. The molecule has 0 aromatic heterocycles. The van der Waals surface area contributed by atoms with Crippen LogP contribution in [0.5, 0.6) is 0 Å². The maximum absolute atomic E-state index is 13.0. The Labute approximate surface area is 199 Å². The van der Waals surface area contributed by atoms with Crippen molar-refractivity contribution < 1.29 is 42.1 Å². The molecule has 0 heterocycles. The molecule has 3 N–H and O–H groups in total. The normalized spacial score (nSPS) is 13.5. The van der Waals surface area contributed by atoms with Crippen LogP contribution in [0.15, 0.2) is 48.5 Å². The number of hydrogen-bond acceptors (Lipinski definition) is 5. The summed E-state index contributed by atoms with van der Waals surface area (Å²) in [7, 11) is 0. The highest BCUT2D eigenvalue weighted by Crippen LogP contribution is 2.44. The quantitative estimate of drug-likeness (QED) is 0.413. The van der Waals surface area contributed by atoms with Crippen LogP contribution in [0.4, 0.5) is 18.0 Å². The number of amides is 2. The minimum absolute atomic E-state index is 0.0945. The Morgan fingerprint density at radius 1 is 0.971 bits per heavy atom. The minimum atomic E-state index is -4.71. The molecule has 188 valence electrons. The predicted octanol–water partition coefficient (Wildman–Crippen LogP) is 3.45. The molecule has 2 aromatic carbocycles. The molecule has 1 aliphatic rings. The number of benzene rings is 2. The zero-order valence-corrected chi connectivity index (χ0v) is 18.6. The van der Waals surface area contributed by atoms with Gasteiger partial charge in [-0.2, -0.15) is 13.2 Å². The largest absolute Gasteiger partial charge is 0.481 e. The van der Waals surface area contributed by atoms with Crippen LogP contribution >= 0.6 is 0 Å². The van der Waals surface area contributed by atoms with Crippen LogP contribution in [0, 0.1) is 0 Å². The third kappa shape index (κ3) is 7.44. The molecule has 3 rings (SSSR count). The summed E-state index contributed by atoms with van der Waals surface area (Å²) in [6.07, 6.45) is -7.68. The van der Waals surface area contributed by atoms with E-state index in [4.69, 9.17) is 14.6 Å². The number of ether oxygens (including phenoxy) is 2. The van der Waals surface area contributed by atoms with Crippen molar-refractivity contribution in [1.29, 1.82) is 0 Å². The van der Waals surface area contributed by atoms with Crippen LogP contribution in [0.3, 0.4) is 0 Å². The van der Waals surface area contributed by atoms with Gasteiger partial charge in [-0.25, -0.2) is 4.79 Å². The molecule has 1 atom stereocenters. The van der Waals surface area contributed by atoms with Crippen molar-refractivity contribution in [3.63, 3.8) is 0 Å². The third-order valence-corrected chi connectivity index (χ3v) is 5.39. The van der Waals surface area contributed by atoms with Crippen LogP contribution in [0.1, 0.15) is 29.9 Å². The molecular weight excluding hydrogens is 469 g/mol. The van der Waals surface area contributed by atoms with Gasteiger partial charge in [-0.1, -0.05) is 48.5 Å². The SMILES string of the molecule is O=C(O)CCOCCNC(=O)C(CC(F)(F)F)NC(=O)OCC1c2ccccc2-c2ccccc21. The molecule has 0 spiro atoms. The van der Waals surface area contributed by atoms with Gasteiger partial charge in [0.25, 0.3) is 0 Å². The summed E-state index contributed by atoms with van der Waals surface area (Å²) in [6.45, 7) is -0.464. The van der Waals surface area contributed by atoms with Crippen molar-refractivity contribution in [2.24, 2.45) is 0 Å². The summed E-state index contributed by atoms with van der Waals surface area (Å²) in [5.41, 5.74) is 3.87. The van der Waals surface area contributed by atoms with Gasteiger partial charge in [-0.3, -0.25) is 9.59 Å². The van der Waals surface area contributed by atoms with E-state index in [9.17, 15) is 27.6 Å². The van der Waals surface area contributed by atoms with Crippen molar-refractivity contribution in [3.05, 3.63) is 59.7 Å². The number of carbonyl (C=O) groups excluding carboxylic acids is 2. The molecule has 1 aliphatic carbocycles. The molecule has 0 saturated heterocycles. The first-order valence-corrected chi connectivity index (χ1v) is 10.9. The first-order chi connectivity index (χ1) is 16.7. The Bertz CT molecular complexity index is 1010. The fraction of sp³-hybridized carbons (Fsp3) is 0.375. The Hall–Kier alpha value is -3.60. The number of fused-ring (bicyclic) bond motifs is 3. The number of halogens is 3. The second-order valence-electron chi connectivity index (χ2n) is 7.89. The van der Waals surface area contributed by atoms with E-state index >= 15 is 0 Å². The van der Waals surface area contributed by atoms with E-state index in [-0.39, 0.29) is 38.7 Å². The standard InChI is InChI=1S/C24H25F3N2O6/c25-24(26,27)13-20(22(32)28-10-12-34-11-9-21(30)31)29-23(33)35-14-19-17-7-3-1-5-15(17)16-6-2-4-8-18(16)19/h1-8,19-20H,9-14H2,(H,28,32)(H,29,33)(H,30,31). The fourth-order valence-corrected chi connectivity index (χ4v) is 3.85. The number of carboxylic acids is 1. The summed E-state index contributed by atoms with van der Waals surface area (Å²) < 4.78 is 49.2. The van der Waals surface area contributed by atoms with E-state index < -0.39 is 36.6 Å². The number of aliphatic carboxylic acids is 1. The van der Waals surface area contributed by atoms with Crippen LogP contribution in [0.25, 0.3) is 11.1 Å². The van der Waals surface area contributed by atoms with Crippen LogP contribution in [0.2, 0.25) is 0 Å². The summed E-state index contributed by atoms with van der Waals surface area (Å²) in [4.78, 5) is 35.0. The smallest absolute Gasteiger partial charge is 0.407 e. The van der Waals surface area contributed by atoms with E-state index in [0.717, 1.165) is 22.3 Å².